The molecule has 0 heterocycles. The van der Waals surface area contributed by atoms with E-state index < -0.39 is 0 Å². The molecule has 0 saturated heterocycles. The lowest BCUT2D eigenvalue weighted by molar-refractivity contribution is 0.430. The Kier molecular flexibility index (Phi) is 6.01. The maximum absolute atomic E-state index is 3.68. The van der Waals surface area contributed by atoms with Crippen molar-refractivity contribution in [3.8, 4) is 11.1 Å². The van der Waals surface area contributed by atoms with Crippen LogP contribution in [0.4, 0.5) is 0 Å². The maximum atomic E-state index is 3.68. The van der Waals surface area contributed by atoms with Gasteiger partial charge in [0, 0.05) is 6.04 Å². The normalized spacial score (nSPS) is 12.6. The quantitative estimate of drug-likeness (QED) is 0.712. The van der Waals surface area contributed by atoms with Crippen molar-refractivity contribution in [2.75, 3.05) is 6.54 Å². The van der Waals surface area contributed by atoms with Crippen molar-refractivity contribution >= 4 is 0 Å². The fraction of sp³-hybridized carbons (Fsp3) is 0.400. The van der Waals surface area contributed by atoms with E-state index in [0.29, 0.717) is 12.0 Å². The fourth-order valence-electron chi connectivity index (χ4n) is 2.67. The summed E-state index contributed by atoms with van der Waals surface area (Å²) < 4.78 is 0. The molecule has 21 heavy (non-hydrogen) atoms. The second-order valence-electron chi connectivity index (χ2n) is 6.12. The summed E-state index contributed by atoms with van der Waals surface area (Å²) in [6, 6.07) is 20.1. The third kappa shape index (κ3) is 4.71. The van der Waals surface area contributed by atoms with Gasteiger partial charge < -0.3 is 5.32 Å². The van der Waals surface area contributed by atoms with Crippen LogP contribution in [0.15, 0.2) is 54.6 Å². The summed E-state index contributed by atoms with van der Waals surface area (Å²) >= 11 is 0. The molecule has 1 atom stereocenters. The van der Waals surface area contributed by atoms with Gasteiger partial charge in [0.25, 0.3) is 0 Å². The SMILES string of the molecule is CCCNC(CC(C)C)c1ccc(-c2ccccc2)cc1. The Balaban J connectivity index is 2.15. The van der Waals surface area contributed by atoms with E-state index in [4.69, 9.17) is 0 Å². The van der Waals surface area contributed by atoms with Crippen LogP contribution < -0.4 is 5.32 Å². The third-order valence-electron chi connectivity index (χ3n) is 3.77. The zero-order valence-corrected chi connectivity index (χ0v) is 13.5. The Labute approximate surface area is 129 Å². The average Bonchev–Trinajstić information content (AvgIpc) is 2.52. The molecule has 0 aliphatic heterocycles. The minimum atomic E-state index is 0.467. The second kappa shape index (κ2) is 7.99. The summed E-state index contributed by atoms with van der Waals surface area (Å²) in [5, 5.41) is 3.68. The standard InChI is InChI=1S/C20H27N/c1-4-14-21-20(15-16(2)3)19-12-10-18(11-13-19)17-8-6-5-7-9-17/h5-13,16,20-21H,4,14-15H2,1-3H3. The Bertz CT molecular complexity index is 513. The van der Waals surface area contributed by atoms with Gasteiger partial charge in [-0.25, -0.2) is 0 Å². The maximum Gasteiger partial charge on any atom is 0.0322 e. The van der Waals surface area contributed by atoms with Gasteiger partial charge in [-0.2, -0.15) is 0 Å². The number of rotatable bonds is 7. The van der Waals surface area contributed by atoms with E-state index in [1.165, 1.54) is 29.5 Å². The molecule has 0 amide bonds. The molecule has 2 aromatic carbocycles. The molecule has 0 aliphatic rings. The van der Waals surface area contributed by atoms with Gasteiger partial charge in [0.15, 0.2) is 0 Å². The van der Waals surface area contributed by atoms with Gasteiger partial charge in [-0.15, -0.1) is 0 Å². The molecule has 1 unspecified atom stereocenters. The van der Waals surface area contributed by atoms with E-state index in [-0.39, 0.29) is 0 Å². The predicted octanol–water partition coefficient (Wildman–Crippen LogP) is 5.44. The average molecular weight is 281 g/mol. The summed E-state index contributed by atoms with van der Waals surface area (Å²) in [6.07, 6.45) is 2.36. The molecular weight excluding hydrogens is 254 g/mol. The highest BCUT2D eigenvalue weighted by Crippen LogP contribution is 2.25. The number of hydrogen-bond donors (Lipinski definition) is 1. The van der Waals surface area contributed by atoms with Gasteiger partial charge in [0.05, 0.1) is 0 Å². The zero-order chi connectivity index (χ0) is 15.1. The first-order valence-corrected chi connectivity index (χ1v) is 8.09. The summed E-state index contributed by atoms with van der Waals surface area (Å²) in [6.45, 7) is 7.88. The van der Waals surface area contributed by atoms with Gasteiger partial charge >= 0.3 is 0 Å². The second-order valence-corrected chi connectivity index (χ2v) is 6.12. The molecule has 112 valence electrons. The fourth-order valence-corrected chi connectivity index (χ4v) is 2.67. The molecule has 1 nitrogen and oxygen atoms in total. The predicted molar refractivity (Wildman–Crippen MR) is 92.4 cm³/mol. The molecule has 1 N–H and O–H groups in total. The molecule has 2 aromatic rings. The van der Waals surface area contributed by atoms with Gasteiger partial charge in [-0.05, 0) is 42.0 Å². The lowest BCUT2D eigenvalue weighted by Gasteiger charge is -2.21. The highest BCUT2D eigenvalue weighted by atomic mass is 14.9. The molecule has 2 rings (SSSR count). The molecule has 1 heteroatoms. The van der Waals surface area contributed by atoms with E-state index >= 15 is 0 Å². The number of nitrogens with one attached hydrogen (secondary N) is 1. The van der Waals surface area contributed by atoms with Crippen LogP contribution in [-0.4, -0.2) is 6.54 Å². The molecule has 0 spiro atoms. The Morgan fingerprint density at radius 3 is 2.05 bits per heavy atom. The van der Waals surface area contributed by atoms with E-state index in [9.17, 15) is 0 Å². The van der Waals surface area contributed by atoms with Crippen molar-refractivity contribution in [1.29, 1.82) is 0 Å². The van der Waals surface area contributed by atoms with Crippen molar-refractivity contribution in [1.82, 2.24) is 5.32 Å². The topological polar surface area (TPSA) is 12.0 Å². The first-order chi connectivity index (χ1) is 10.2. The first kappa shape index (κ1) is 15.8. The van der Waals surface area contributed by atoms with Crippen LogP contribution in [0, 0.1) is 5.92 Å². The smallest absolute Gasteiger partial charge is 0.0322 e. The third-order valence-corrected chi connectivity index (χ3v) is 3.77. The van der Waals surface area contributed by atoms with Crippen LogP contribution in [0.5, 0.6) is 0 Å². The Hall–Kier alpha value is -1.60. The van der Waals surface area contributed by atoms with Crippen LogP contribution in [0.3, 0.4) is 0 Å². The molecule has 0 aromatic heterocycles. The van der Waals surface area contributed by atoms with Gasteiger partial charge in [0.2, 0.25) is 0 Å². The lowest BCUT2D eigenvalue weighted by Crippen LogP contribution is -2.23. The van der Waals surface area contributed by atoms with E-state index in [2.05, 4.69) is 80.7 Å². The highest BCUT2D eigenvalue weighted by Gasteiger charge is 2.12. The molecule has 0 bridgehead atoms. The molecule has 0 fully saturated rings. The van der Waals surface area contributed by atoms with Crippen LogP contribution in [0.2, 0.25) is 0 Å². The van der Waals surface area contributed by atoms with Crippen LogP contribution in [0.1, 0.15) is 45.2 Å². The van der Waals surface area contributed by atoms with Crippen molar-refractivity contribution in [2.45, 2.75) is 39.7 Å². The van der Waals surface area contributed by atoms with Crippen molar-refractivity contribution in [2.24, 2.45) is 5.92 Å². The summed E-state index contributed by atoms with van der Waals surface area (Å²) in [4.78, 5) is 0. The van der Waals surface area contributed by atoms with Crippen molar-refractivity contribution in [3.05, 3.63) is 60.2 Å². The molecule has 0 aliphatic carbocycles. The van der Waals surface area contributed by atoms with E-state index in [1.807, 2.05) is 0 Å². The van der Waals surface area contributed by atoms with Crippen LogP contribution >= 0.6 is 0 Å². The Morgan fingerprint density at radius 1 is 0.857 bits per heavy atom. The first-order valence-electron chi connectivity index (χ1n) is 8.09. The van der Waals surface area contributed by atoms with E-state index in [1.54, 1.807) is 0 Å². The van der Waals surface area contributed by atoms with Crippen molar-refractivity contribution in [3.63, 3.8) is 0 Å². The number of hydrogen-bond acceptors (Lipinski definition) is 1. The molecule has 0 radical (unpaired) electrons. The summed E-state index contributed by atoms with van der Waals surface area (Å²) in [5.41, 5.74) is 3.97. The zero-order valence-electron chi connectivity index (χ0n) is 13.5. The monoisotopic (exact) mass is 281 g/mol. The van der Waals surface area contributed by atoms with Gasteiger partial charge in [0.1, 0.15) is 0 Å². The molecule has 0 saturated carbocycles. The minimum Gasteiger partial charge on any atom is -0.310 e. The lowest BCUT2D eigenvalue weighted by atomic mass is 9.95. The van der Waals surface area contributed by atoms with Crippen molar-refractivity contribution < 1.29 is 0 Å². The van der Waals surface area contributed by atoms with Crippen LogP contribution in [-0.2, 0) is 0 Å². The largest absolute Gasteiger partial charge is 0.310 e. The number of benzene rings is 2. The Morgan fingerprint density at radius 2 is 1.48 bits per heavy atom. The van der Waals surface area contributed by atoms with Crippen LogP contribution in [0.25, 0.3) is 11.1 Å². The highest BCUT2D eigenvalue weighted by molar-refractivity contribution is 5.63. The van der Waals surface area contributed by atoms with Gasteiger partial charge in [-0.3, -0.25) is 0 Å². The minimum absolute atomic E-state index is 0.467. The van der Waals surface area contributed by atoms with E-state index in [0.717, 1.165) is 6.54 Å². The summed E-state index contributed by atoms with van der Waals surface area (Å²) in [7, 11) is 0. The molecular formula is C20H27N. The summed E-state index contributed by atoms with van der Waals surface area (Å²) in [5.74, 6) is 0.702. The van der Waals surface area contributed by atoms with Gasteiger partial charge in [-0.1, -0.05) is 75.4 Å².